The molecule has 0 aromatic carbocycles. The number of hydrogen-bond acceptors (Lipinski definition) is 8. The molecule has 1 fully saturated rings. The van der Waals surface area contributed by atoms with E-state index in [0.717, 1.165) is 0 Å². The van der Waals surface area contributed by atoms with Crippen molar-refractivity contribution >= 4 is 17.0 Å². The number of ether oxygens (including phenoxy) is 1. The molecule has 4 heterocycles. The van der Waals surface area contributed by atoms with Gasteiger partial charge in [0.25, 0.3) is 0 Å². The predicted octanol–water partition coefficient (Wildman–Crippen LogP) is -1.19. The molecular weight excluding hydrogens is 316 g/mol. The number of fused-ring (bicyclic) bond motifs is 1. The van der Waals surface area contributed by atoms with Crippen molar-refractivity contribution in [2.24, 2.45) is 0 Å². The third-order valence-corrected chi connectivity index (χ3v) is 4.06. The van der Waals surface area contributed by atoms with E-state index in [2.05, 4.69) is 15.0 Å². The van der Waals surface area contributed by atoms with Crippen LogP contribution >= 0.6 is 0 Å². The van der Waals surface area contributed by atoms with Crippen LogP contribution in [0.15, 0.2) is 30.9 Å². The van der Waals surface area contributed by atoms with Crippen LogP contribution in [0, 0.1) is 0 Å². The van der Waals surface area contributed by atoms with Gasteiger partial charge in [0, 0.05) is 12.4 Å². The molecule has 3 aromatic rings. The fraction of sp³-hybridized carbons (Fsp3) is 0.357. The molecule has 4 atom stereocenters. The van der Waals surface area contributed by atoms with E-state index in [1.165, 1.54) is 10.9 Å². The molecule has 0 amide bonds. The second-order valence-electron chi connectivity index (χ2n) is 5.55. The second kappa shape index (κ2) is 5.53. The van der Waals surface area contributed by atoms with Crippen molar-refractivity contribution in [2.75, 3.05) is 12.3 Å². The van der Waals surface area contributed by atoms with Crippen LogP contribution in [0.1, 0.15) is 6.23 Å². The Morgan fingerprint density at radius 2 is 1.92 bits per heavy atom. The molecule has 1 aliphatic heterocycles. The molecule has 3 aromatic heterocycles. The quantitative estimate of drug-likeness (QED) is 0.468. The summed E-state index contributed by atoms with van der Waals surface area (Å²) in [6, 6.07) is 3.65. The number of imidazole rings is 1. The first kappa shape index (κ1) is 15.0. The van der Waals surface area contributed by atoms with Crippen molar-refractivity contribution in [3.63, 3.8) is 0 Å². The van der Waals surface area contributed by atoms with E-state index in [1.54, 1.807) is 17.0 Å². The van der Waals surface area contributed by atoms with Crippen LogP contribution in [0.5, 0.6) is 0 Å². The van der Waals surface area contributed by atoms with Crippen LogP contribution in [0.3, 0.4) is 0 Å². The van der Waals surface area contributed by atoms with Gasteiger partial charge in [0.2, 0.25) is 5.95 Å². The minimum atomic E-state index is -1.23. The van der Waals surface area contributed by atoms with E-state index in [1.807, 2.05) is 12.1 Å². The number of nitrogen functional groups attached to an aromatic ring is 1. The summed E-state index contributed by atoms with van der Waals surface area (Å²) in [5.74, 6) is 0.535. The topological polar surface area (TPSA) is 144 Å². The van der Waals surface area contributed by atoms with E-state index in [4.69, 9.17) is 10.5 Å². The van der Waals surface area contributed by atoms with Crippen LogP contribution in [-0.4, -0.2) is 64.3 Å². The summed E-state index contributed by atoms with van der Waals surface area (Å²) < 4.78 is 8.68. The van der Waals surface area contributed by atoms with E-state index in [-0.39, 0.29) is 5.82 Å². The summed E-state index contributed by atoms with van der Waals surface area (Å²) in [4.78, 5) is 12.8. The highest BCUT2D eigenvalue weighted by molar-refractivity contribution is 5.82. The van der Waals surface area contributed by atoms with Gasteiger partial charge in [0.15, 0.2) is 17.7 Å². The Labute approximate surface area is 135 Å². The summed E-state index contributed by atoms with van der Waals surface area (Å²) in [7, 11) is 0. The lowest BCUT2D eigenvalue weighted by molar-refractivity contribution is -0.0511. The molecule has 1 aliphatic rings. The number of hydrogen-bond donors (Lipinski definition) is 4. The van der Waals surface area contributed by atoms with Gasteiger partial charge in [-0.15, -0.1) is 0 Å². The Hall–Kier alpha value is -2.53. The zero-order valence-corrected chi connectivity index (χ0v) is 12.5. The average molecular weight is 332 g/mol. The maximum Gasteiger partial charge on any atom is 0.237 e. The van der Waals surface area contributed by atoms with Gasteiger partial charge in [-0.1, -0.05) is 0 Å². The Bertz CT molecular complexity index is 864. The SMILES string of the molecule is Nc1nc(-n2cccc2)nc2c1ncn2[C@@H]1O[C@H](CO)[C@@H](O)[C@H]1O. The number of rotatable bonds is 3. The molecule has 0 saturated carbocycles. The smallest absolute Gasteiger partial charge is 0.237 e. The Morgan fingerprint density at radius 1 is 1.17 bits per heavy atom. The van der Waals surface area contributed by atoms with Gasteiger partial charge in [0.1, 0.15) is 23.8 Å². The third-order valence-electron chi connectivity index (χ3n) is 4.06. The highest BCUT2D eigenvalue weighted by Crippen LogP contribution is 2.32. The van der Waals surface area contributed by atoms with Gasteiger partial charge in [0.05, 0.1) is 12.9 Å². The summed E-state index contributed by atoms with van der Waals surface area (Å²) >= 11 is 0. The molecule has 0 radical (unpaired) electrons. The van der Waals surface area contributed by atoms with Crippen molar-refractivity contribution in [1.29, 1.82) is 0 Å². The van der Waals surface area contributed by atoms with E-state index < -0.39 is 31.1 Å². The molecule has 0 unspecified atom stereocenters. The molecular formula is C14H16N6O4. The molecule has 0 aliphatic carbocycles. The van der Waals surface area contributed by atoms with Crippen molar-refractivity contribution in [2.45, 2.75) is 24.5 Å². The molecule has 126 valence electrons. The van der Waals surface area contributed by atoms with E-state index in [9.17, 15) is 15.3 Å². The maximum atomic E-state index is 10.2. The zero-order chi connectivity index (χ0) is 16.8. The molecule has 10 nitrogen and oxygen atoms in total. The van der Waals surface area contributed by atoms with E-state index >= 15 is 0 Å². The number of anilines is 1. The van der Waals surface area contributed by atoms with E-state index in [0.29, 0.717) is 17.1 Å². The largest absolute Gasteiger partial charge is 0.394 e. The lowest BCUT2D eigenvalue weighted by Crippen LogP contribution is -2.33. The predicted molar refractivity (Wildman–Crippen MR) is 82.1 cm³/mol. The minimum Gasteiger partial charge on any atom is -0.394 e. The van der Waals surface area contributed by atoms with Gasteiger partial charge in [-0.3, -0.25) is 9.13 Å². The first-order valence-electron chi connectivity index (χ1n) is 7.36. The van der Waals surface area contributed by atoms with Crippen molar-refractivity contribution < 1.29 is 20.1 Å². The highest BCUT2D eigenvalue weighted by atomic mass is 16.6. The summed E-state index contributed by atoms with van der Waals surface area (Å²) in [5.41, 5.74) is 6.68. The highest BCUT2D eigenvalue weighted by Gasteiger charge is 2.44. The fourth-order valence-electron chi connectivity index (χ4n) is 2.81. The lowest BCUT2D eigenvalue weighted by atomic mass is 10.1. The van der Waals surface area contributed by atoms with Crippen LogP contribution in [0.4, 0.5) is 5.82 Å². The van der Waals surface area contributed by atoms with Gasteiger partial charge >= 0.3 is 0 Å². The first-order valence-corrected chi connectivity index (χ1v) is 7.36. The number of aromatic nitrogens is 5. The standard InChI is InChI=1S/C14H16N6O4/c15-11-8-12(18-14(17-11)19-3-1-2-4-19)20(6-16-8)13-10(23)9(22)7(5-21)24-13/h1-4,6-7,9-10,13,21-23H,5H2,(H2,15,17,18)/t7-,9-,10-,13-/m1/s1. The molecule has 5 N–H and O–H groups in total. The third kappa shape index (κ3) is 2.16. The average Bonchev–Trinajstić information content (AvgIpc) is 3.28. The maximum absolute atomic E-state index is 10.2. The number of nitrogens with two attached hydrogens (primary N) is 1. The van der Waals surface area contributed by atoms with Gasteiger partial charge in [-0.2, -0.15) is 9.97 Å². The molecule has 24 heavy (non-hydrogen) atoms. The van der Waals surface area contributed by atoms with Crippen LogP contribution < -0.4 is 5.73 Å². The monoisotopic (exact) mass is 332 g/mol. The molecule has 0 bridgehead atoms. The second-order valence-corrected chi connectivity index (χ2v) is 5.55. The fourth-order valence-corrected chi connectivity index (χ4v) is 2.81. The van der Waals surface area contributed by atoms with Crippen molar-refractivity contribution in [3.05, 3.63) is 30.9 Å². The summed E-state index contributed by atoms with van der Waals surface area (Å²) in [6.07, 6.45) is 0.697. The first-order chi connectivity index (χ1) is 11.6. The number of aliphatic hydroxyl groups is 3. The minimum absolute atomic E-state index is 0.189. The number of nitrogens with zero attached hydrogens (tertiary/aromatic N) is 5. The van der Waals surface area contributed by atoms with Crippen LogP contribution in [-0.2, 0) is 4.74 Å². The van der Waals surface area contributed by atoms with Crippen LogP contribution in [0.2, 0.25) is 0 Å². The zero-order valence-electron chi connectivity index (χ0n) is 12.5. The summed E-state index contributed by atoms with van der Waals surface area (Å²) in [5, 5.41) is 29.4. The lowest BCUT2D eigenvalue weighted by Gasteiger charge is -2.16. The van der Waals surface area contributed by atoms with Gasteiger partial charge in [-0.25, -0.2) is 4.98 Å². The van der Waals surface area contributed by atoms with Gasteiger partial charge < -0.3 is 25.8 Å². The Kier molecular flexibility index (Phi) is 3.46. The molecule has 4 rings (SSSR count). The molecule has 0 spiro atoms. The Morgan fingerprint density at radius 3 is 2.58 bits per heavy atom. The van der Waals surface area contributed by atoms with Crippen LogP contribution in [0.25, 0.3) is 17.1 Å². The summed E-state index contributed by atoms with van der Waals surface area (Å²) in [6.45, 7) is -0.410. The van der Waals surface area contributed by atoms with Crippen molar-refractivity contribution in [1.82, 2.24) is 24.1 Å². The molecule has 1 saturated heterocycles. The van der Waals surface area contributed by atoms with Crippen molar-refractivity contribution in [3.8, 4) is 5.95 Å². The molecule has 10 heteroatoms. The van der Waals surface area contributed by atoms with Gasteiger partial charge in [-0.05, 0) is 12.1 Å². The number of aliphatic hydroxyl groups excluding tert-OH is 3. The normalized spacial score (nSPS) is 27.1. The Balaban J connectivity index is 1.82.